The lowest BCUT2D eigenvalue weighted by Crippen LogP contribution is -2.23. The van der Waals surface area contributed by atoms with Gasteiger partial charge in [-0.3, -0.25) is 4.98 Å². The third-order valence-corrected chi connectivity index (χ3v) is 4.55. The number of imidazole rings is 1. The predicted molar refractivity (Wildman–Crippen MR) is 109 cm³/mol. The number of aliphatic hydroxyl groups excluding tert-OH is 1. The molecule has 4 aromatic rings. The van der Waals surface area contributed by atoms with Crippen LogP contribution in [-0.2, 0) is 0 Å². The van der Waals surface area contributed by atoms with Gasteiger partial charge >= 0.3 is 5.63 Å². The van der Waals surface area contributed by atoms with E-state index in [2.05, 4.69) is 15.3 Å². The molecule has 0 aliphatic rings. The Morgan fingerprint density at radius 2 is 2.03 bits per heavy atom. The lowest BCUT2D eigenvalue weighted by molar-refractivity contribution is 0.276. The summed E-state index contributed by atoms with van der Waals surface area (Å²) in [6.45, 7) is 5.48. The van der Waals surface area contributed by atoms with Crippen LogP contribution in [0.2, 0.25) is 0 Å². The quantitative estimate of drug-likeness (QED) is 0.365. The van der Waals surface area contributed by atoms with Crippen molar-refractivity contribution in [1.29, 1.82) is 0 Å². The Hall–Kier alpha value is -3.23. The highest BCUT2D eigenvalue weighted by atomic mass is 16.5. The van der Waals surface area contributed by atoms with E-state index in [4.69, 9.17) is 14.3 Å². The molecule has 8 heteroatoms. The van der Waals surface area contributed by atoms with Crippen molar-refractivity contribution < 1.29 is 14.3 Å². The Kier molecular flexibility index (Phi) is 5.28. The molecule has 0 fully saturated rings. The zero-order chi connectivity index (χ0) is 20.4. The zero-order valence-electron chi connectivity index (χ0n) is 16.3. The number of nitrogens with zero attached hydrogens (tertiary/aromatic N) is 3. The summed E-state index contributed by atoms with van der Waals surface area (Å²) >= 11 is 0. The van der Waals surface area contributed by atoms with Crippen molar-refractivity contribution in [2.45, 2.75) is 13.8 Å². The van der Waals surface area contributed by atoms with E-state index in [1.807, 2.05) is 42.8 Å². The van der Waals surface area contributed by atoms with Gasteiger partial charge in [0.1, 0.15) is 17.9 Å². The summed E-state index contributed by atoms with van der Waals surface area (Å²) in [5, 5.41) is 12.6. The minimum Gasteiger partial charge on any atom is -0.492 e. The monoisotopic (exact) mass is 394 g/mol. The smallest absolute Gasteiger partial charge is 0.345 e. The summed E-state index contributed by atoms with van der Waals surface area (Å²) in [6, 6.07) is 7.17. The largest absolute Gasteiger partial charge is 0.492 e. The topological polar surface area (TPSA) is 102 Å². The van der Waals surface area contributed by atoms with Crippen LogP contribution in [0.1, 0.15) is 11.4 Å². The molecule has 3 heterocycles. The minimum atomic E-state index is -0.454. The Balaban J connectivity index is 1.63. The summed E-state index contributed by atoms with van der Waals surface area (Å²) in [7, 11) is 0. The van der Waals surface area contributed by atoms with Gasteiger partial charge in [-0.15, -0.1) is 0 Å². The van der Waals surface area contributed by atoms with Crippen molar-refractivity contribution in [3.8, 4) is 17.0 Å². The first-order chi connectivity index (χ1) is 14.0. The summed E-state index contributed by atoms with van der Waals surface area (Å²) in [6.07, 6.45) is 3.69. The number of rotatable bonds is 7. The third kappa shape index (κ3) is 3.98. The standard InChI is InChI=1S/C21H22N4O4/c1-13-11-25-12-18(24-20(25)14(2)23-13)17-9-15-3-4-16(10-19(15)29-21(17)27)28-8-6-22-5-7-26/h3-4,9-12,22,26H,5-8H2,1-2H3. The van der Waals surface area contributed by atoms with Crippen LogP contribution in [0, 0.1) is 13.8 Å². The van der Waals surface area contributed by atoms with Crippen LogP contribution in [0.5, 0.6) is 5.75 Å². The molecule has 0 atom stereocenters. The summed E-state index contributed by atoms with van der Waals surface area (Å²) in [5.74, 6) is 0.615. The molecule has 0 saturated heterocycles. The number of fused-ring (bicyclic) bond motifs is 2. The predicted octanol–water partition coefficient (Wildman–Crippen LogP) is 2.08. The molecule has 0 unspecified atom stereocenters. The highest BCUT2D eigenvalue weighted by Crippen LogP contribution is 2.24. The second-order valence-electron chi connectivity index (χ2n) is 6.79. The van der Waals surface area contributed by atoms with Crippen LogP contribution in [0.25, 0.3) is 27.9 Å². The molecule has 150 valence electrons. The maximum Gasteiger partial charge on any atom is 0.345 e. The van der Waals surface area contributed by atoms with Gasteiger partial charge in [0.05, 0.1) is 29.3 Å². The first kappa shape index (κ1) is 19.1. The third-order valence-electron chi connectivity index (χ3n) is 4.55. The van der Waals surface area contributed by atoms with Gasteiger partial charge in [0, 0.05) is 36.9 Å². The van der Waals surface area contributed by atoms with Gasteiger partial charge in [-0.2, -0.15) is 0 Å². The maximum atomic E-state index is 12.6. The number of hydrogen-bond acceptors (Lipinski definition) is 7. The molecule has 0 spiro atoms. The molecule has 3 aromatic heterocycles. The molecule has 0 aliphatic heterocycles. The summed E-state index contributed by atoms with van der Waals surface area (Å²) in [4.78, 5) is 21.6. The van der Waals surface area contributed by atoms with Gasteiger partial charge < -0.3 is 24.0 Å². The van der Waals surface area contributed by atoms with Crippen LogP contribution < -0.4 is 15.7 Å². The van der Waals surface area contributed by atoms with Crippen LogP contribution in [0.3, 0.4) is 0 Å². The van der Waals surface area contributed by atoms with E-state index in [0.717, 1.165) is 16.8 Å². The number of aliphatic hydroxyl groups is 1. The van der Waals surface area contributed by atoms with Gasteiger partial charge in [-0.25, -0.2) is 9.78 Å². The van der Waals surface area contributed by atoms with Crippen molar-refractivity contribution in [2.24, 2.45) is 0 Å². The van der Waals surface area contributed by atoms with Gasteiger partial charge in [0.2, 0.25) is 0 Å². The van der Waals surface area contributed by atoms with Gasteiger partial charge in [0.15, 0.2) is 5.65 Å². The van der Waals surface area contributed by atoms with Crippen molar-refractivity contribution >= 4 is 16.6 Å². The normalized spacial score (nSPS) is 11.4. The van der Waals surface area contributed by atoms with E-state index in [1.165, 1.54) is 0 Å². The van der Waals surface area contributed by atoms with Crippen LogP contribution >= 0.6 is 0 Å². The van der Waals surface area contributed by atoms with E-state index in [0.29, 0.717) is 47.9 Å². The summed E-state index contributed by atoms with van der Waals surface area (Å²) < 4.78 is 13.1. The molecule has 0 saturated carbocycles. The Morgan fingerprint density at radius 3 is 2.86 bits per heavy atom. The van der Waals surface area contributed by atoms with Gasteiger partial charge in [-0.1, -0.05) is 0 Å². The first-order valence-electron chi connectivity index (χ1n) is 9.41. The van der Waals surface area contributed by atoms with Crippen LogP contribution in [-0.4, -0.2) is 45.8 Å². The first-order valence-corrected chi connectivity index (χ1v) is 9.41. The highest BCUT2D eigenvalue weighted by Gasteiger charge is 2.14. The minimum absolute atomic E-state index is 0.0888. The van der Waals surface area contributed by atoms with E-state index in [-0.39, 0.29) is 6.61 Å². The average Bonchev–Trinajstić information content (AvgIpc) is 3.11. The molecule has 0 aliphatic carbocycles. The van der Waals surface area contributed by atoms with Crippen molar-refractivity contribution in [1.82, 2.24) is 19.7 Å². The van der Waals surface area contributed by atoms with E-state index < -0.39 is 5.63 Å². The lowest BCUT2D eigenvalue weighted by Gasteiger charge is -2.07. The fourth-order valence-corrected chi connectivity index (χ4v) is 3.24. The number of nitrogens with one attached hydrogen (secondary N) is 1. The number of aryl methyl sites for hydroxylation is 2. The SMILES string of the molecule is Cc1cn2cc(-c3cc4ccc(OCCNCCO)cc4oc3=O)nc2c(C)n1. The molecule has 1 aromatic carbocycles. The average molecular weight is 394 g/mol. The van der Waals surface area contributed by atoms with E-state index >= 15 is 0 Å². The van der Waals surface area contributed by atoms with E-state index in [9.17, 15) is 4.79 Å². The van der Waals surface area contributed by atoms with Crippen LogP contribution in [0.4, 0.5) is 0 Å². The number of hydrogen-bond donors (Lipinski definition) is 2. The van der Waals surface area contributed by atoms with Crippen molar-refractivity contribution in [2.75, 3.05) is 26.3 Å². The Bertz CT molecular complexity index is 1230. The Morgan fingerprint density at radius 1 is 1.17 bits per heavy atom. The van der Waals surface area contributed by atoms with Gasteiger partial charge in [-0.05, 0) is 32.0 Å². The molecular formula is C21H22N4O4. The maximum absolute atomic E-state index is 12.6. The molecule has 4 rings (SSSR count). The number of benzene rings is 1. The molecule has 29 heavy (non-hydrogen) atoms. The number of aromatic nitrogens is 3. The fraction of sp³-hybridized carbons (Fsp3) is 0.286. The van der Waals surface area contributed by atoms with Gasteiger partial charge in [0.25, 0.3) is 0 Å². The summed E-state index contributed by atoms with van der Waals surface area (Å²) in [5.41, 5.74) is 3.34. The van der Waals surface area contributed by atoms with E-state index in [1.54, 1.807) is 12.1 Å². The van der Waals surface area contributed by atoms with Crippen molar-refractivity contribution in [3.63, 3.8) is 0 Å². The molecule has 0 radical (unpaired) electrons. The molecular weight excluding hydrogens is 372 g/mol. The lowest BCUT2D eigenvalue weighted by atomic mass is 10.1. The second kappa shape index (κ2) is 8.02. The zero-order valence-corrected chi connectivity index (χ0v) is 16.3. The number of ether oxygens (including phenoxy) is 1. The van der Waals surface area contributed by atoms with Crippen molar-refractivity contribution in [3.05, 3.63) is 58.5 Å². The second-order valence-corrected chi connectivity index (χ2v) is 6.79. The highest BCUT2D eigenvalue weighted by molar-refractivity contribution is 5.82. The molecule has 0 bridgehead atoms. The fourth-order valence-electron chi connectivity index (χ4n) is 3.24. The van der Waals surface area contributed by atoms with Crippen LogP contribution in [0.15, 0.2) is 45.9 Å². The Labute approximate surface area is 166 Å². The molecule has 2 N–H and O–H groups in total. The molecule has 0 amide bonds. The molecule has 8 nitrogen and oxygen atoms in total.